The lowest BCUT2D eigenvalue weighted by Gasteiger charge is -2.29. The van der Waals surface area contributed by atoms with Crippen LogP contribution < -0.4 is 0 Å². The molecule has 1 aliphatic rings. The number of hydrogen-bond acceptors (Lipinski definition) is 4. The Morgan fingerprint density at radius 1 is 1.44 bits per heavy atom. The van der Waals surface area contributed by atoms with Crippen molar-refractivity contribution < 1.29 is 9.53 Å². The molecule has 0 saturated carbocycles. The SMILES string of the molecule is CCN(CCN1CCOCC1)C(=O)CSC. The first-order valence-corrected chi connectivity index (χ1v) is 7.24. The van der Waals surface area contributed by atoms with Crippen LogP contribution in [0.2, 0.25) is 0 Å². The van der Waals surface area contributed by atoms with Crippen LogP contribution in [0.15, 0.2) is 0 Å². The molecule has 0 bridgehead atoms. The average molecular weight is 246 g/mol. The van der Waals surface area contributed by atoms with E-state index in [9.17, 15) is 4.79 Å². The van der Waals surface area contributed by atoms with E-state index in [1.807, 2.05) is 18.1 Å². The largest absolute Gasteiger partial charge is 0.379 e. The molecule has 1 rings (SSSR count). The van der Waals surface area contributed by atoms with Crippen molar-refractivity contribution in [2.45, 2.75) is 6.92 Å². The summed E-state index contributed by atoms with van der Waals surface area (Å²) in [5.41, 5.74) is 0. The van der Waals surface area contributed by atoms with Gasteiger partial charge in [0.25, 0.3) is 0 Å². The van der Waals surface area contributed by atoms with Gasteiger partial charge in [0, 0.05) is 32.7 Å². The van der Waals surface area contributed by atoms with Gasteiger partial charge in [-0.05, 0) is 13.2 Å². The first-order valence-electron chi connectivity index (χ1n) is 5.84. The van der Waals surface area contributed by atoms with Gasteiger partial charge in [-0.2, -0.15) is 11.8 Å². The molecule has 5 heteroatoms. The van der Waals surface area contributed by atoms with Gasteiger partial charge >= 0.3 is 0 Å². The third-order valence-corrected chi connectivity index (χ3v) is 3.33. The number of amides is 1. The lowest BCUT2D eigenvalue weighted by Crippen LogP contribution is -2.43. The molecule has 1 heterocycles. The third-order valence-electron chi connectivity index (χ3n) is 2.79. The fraction of sp³-hybridized carbons (Fsp3) is 0.909. The van der Waals surface area contributed by atoms with Crippen LogP contribution in [0.1, 0.15) is 6.92 Å². The highest BCUT2D eigenvalue weighted by atomic mass is 32.2. The van der Waals surface area contributed by atoms with Gasteiger partial charge in [-0.1, -0.05) is 0 Å². The Morgan fingerprint density at radius 3 is 2.69 bits per heavy atom. The number of carbonyl (C=O) groups is 1. The average Bonchev–Trinajstić information content (AvgIpc) is 2.31. The molecule has 0 spiro atoms. The first kappa shape index (κ1) is 13.8. The van der Waals surface area contributed by atoms with Crippen molar-refractivity contribution in [2.75, 3.05) is 57.9 Å². The van der Waals surface area contributed by atoms with E-state index in [4.69, 9.17) is 4.74 Å². The van der Waals surface area contributed by atoms with E-state index in [2.05, 4.69) is 4.90 Å². The maximum Gasteiger partial charge on any atom is 0.232 e. The third kappa shape index (κ3) is 4.72. The second-order valence-electron chi connectivity index (χ2n) is 3.86. The standard InChI is InChI=1S/C11H22N2O2S/c1-3-13(11(14)10-16-2)5-4-12-6-8-15-9-7-12/h3-10H2,1-2H3. The quantitative estimate of drug-likeness (QED) is 0.684. The minimum Gasteiger partial charge on any atom is -0.379 e. The van der Waals surface area contributed by atoms with Crippen LogP contribution in [0.4, 0.5) is 0 Å². The Hall–Kier alpha value is -0.260. The summed E-state index contributed by atoms with van der Waals surface area (Å²) in [5, 5.41) is 0. The maximum absolute atomic E-state index is 11.7. The van der Waals surface area contributed by atoms with E-state index in [-0.39, 0.29) is 5.91 Å². The van der Waals surface area contributed by atoms with Crippen LogP contribution in [0, 0.1) is 0 Å². The number of thioether (sulfide) groups is 1. The molecule has 0 aromatic carbocycles. The summed E-state index contributed by atoms with van der Waals surface area (Å²) in [4.78, 5) is 16.0. The van der Waals surface area contributed by atoms with Gasteiger partial charge in [-0.3, -0.25) is 9.69 Å². The van der Waals surface area contributed by atoms with Gasteiger partial charge in [-0.15, -0.1) is 0 Å². The summed E-state index contributed by atoms with van der Waals surface area (Å²) < 4.78 is 5.29. The number of hydrogen-bond donors (Lipinski definition) is 0. The number of morpholine rings is 1. The molecule has 0 aromatic rings. The lowest BCUT2D eigenvalue weighted by atomic mass is 10.4. The highest BCUT2D eigenvalue weighted by molar-refractivity contribution is 7.99. The Labute approximate surface area is 102 Å². The zero-order chi connectivity index (χ0) is 11.8. The number of carbonyl (C=O) groups excluding carboxylic acids is 1. The Bertz CT molecular complexity index is 208. The van der Waals surface area contributed by atoms with Gasteiger partial charge in [0.1, 0.15) is 0 Å². The van der Waals surface area contributed by atoms with Gasteiger partial charge < -0.3 is 9.64 Å². The number of nitrogens with zero attached hydrogens (tertiary/aromatic N) is 2. The molecule has 0 aliphatic carbocycles. The highest BCUT2D eigenvalue weighted by Gasteiger charge is 2.14. The minimum absolute atomic E-state index is 0.253. The van der Waals surface area contributed by atoms with Gasteiger partial charge in [0.05, 0.1) is 19.0 Å². The van der Waals surface area contributed by atoms with Crippen LogP contribution >= 0.6 is 11.8 Å². The van der Waals surface area contributed by atoms with Crippen molar-refractivity contribution in [2.24, 2.45) is 0 Å². The summed E-state index contributed by atoms with van der Waals surface area (Å²) in [6, 6.07) is 0. The fourth-order valence-electron chi connectivity index (χ4n) is 1.76. The Morgan fingerprint density at radius 2 is 2.12 bits per heavy atom. The normalized spacial score (nSPS) is 17.4. The molecule has 1 amide bonds. The molecule has 1 aliphatic heterocycles. The molecule has 1 saturated heterocycles. The number of likely N-dealkylation sites (N-methyl/N-ethyl adjacent to an activating group) is 1. The molecule has 1 fully saturated rings. The van der Waals surface area contributed by atoms with Crippen LogP contribution in [-0.4, -0.2) is 73.7 Å². The molecule has 94 valence electrons. The number of rotatable bonds is 6. The number of ether oxygens (including phenoxy) is 1. The molecule has 0 N–H and O–H groups in total. The van der Waals surface area contributed by atoms with Gasteiger partial charge in [-0.25, -0.2) is 0 Å². The molecular weight excluding hydrogens is 224 g/mol. The second-order valence-corrected chi connectivity index (χ2v) is 4.73. The van der Waals surface area contributed by atoms with Crippen LogP contribution in [0.3, 0.4) is 0 Å². The predicted molar refractivity (Wildman–Crippen MR) is 67.9 cm³/mol. The molecular formula is C11H22N2O2S. The zero-order valence-corrected chi connectivity index (χ0v) is 11.1. The van der Waals surface area contributed by atoms with E-state index in [0.29, 0.717) is 5.75 Å². The van der Waals surface area contributed by atoms with E-state index < -0.39 is 0 Å². The van der Waals surface area contributed by atoms with Gasteiger partial charge in [0.15, 0.2) is 0 Å². The Balaban J connectivity index is 2.24. The summed E-state index contributed by atoms with van der Waals surface area (Å²) in [6.07, 6.45) is 1.97. The topological polar surface area (TPSA) is 32.8 Å². The van der Waals surface area contributed by atoms with E-state index in [0.717, 1.165) is 45.9 Å². The smallest absolute Gasteiger partial charge is 0.232 e. The summed E-state index contributed by atoms with van der Waals surface area (Å²) in [6.45, 7) is 8.30. The van der Waals surface area contributed by atoms with Crippen molar-refractivity contribution in [1.82, 2.24) is 9.80 Å². The first-order chi connectivity index (χ1) is 7.77. The molecule has 0 atom stereocenters. The summed E-state index contributed by atoms with van der Waals surface area (Å²) >= 11 is 1.59. The fourth-order valence-corrected chi connectivity index (χ4v) is 2.19. The minimum atomic E-state index is 0.253. The second kappa shape index (κ2) is 7.92. The summed E-state index contributed by atoms with van der Waals surface area (Å²) in [7, 11) is 0. The lowest BCUT2D eigenvalue weighted by molar-refractivity contribution is -0.128. The van der Waals surface area contributed by atoms with Crippen LogP contribution in [0.25, 0.3) is 0 Å². The Kier molecular flexibility index (Phi) is 6.84. The monoisotopic (exact) mass is 246 g/mol. The molecule has 0 aromatic heterocycles. The van der Waals surface area contributed by atoms with E-state index in [1.54, 1.807) is 11.8 Å². The molecule has 0 radical (unpaired) electrons. The maximum atomic E-state index is 11.7. The van der Waals surface area contributed by atoms with Crippen molar-refractivity contribution in [3.63, 3.8) is 0 Å². The van der Waals surface area contributed by atoms with Gasteiger partial charge in [0.2, 0.25) is 5.91 Å². The van der Waals surface area contributed by atoms with Crippen molar-refractivity contribution >= 4 is 17.7 Å². The van der Waals surface area contributed by atoms with E-state index in [1.165, 1.54) is 0 Å². The molecule has 16 heavy (non-hydrogen) atoms. The molecule has 0 unspecified atom stereocenters. The summed E-state index contributed by atoms with van der Waals surface area (Å²) in [5.74, 6) is 0.847. The van der Waals surface area contributed by atoms with Crippen molar-refractivity contribution in [3.05, 3.63) is 0 Å². The highest BCUT2D eigenvalue weighted by Crippen LogP contribution is 2.01. The van der Waals surface area contributed by atoms with Crippen LogP contribution in [0.5, 0.6) is 0 Å². The zero-order valence-electron chi connectivity index (χ0n) is 10.3. The van der Waals surface area contributed by atoms with E-state index >= 15 is 0 Å². The van der Waals surface area contributed by atoms with Crippen LogP contribution in [-0.2, 0) is 9.53 Å². The predicted octanol–water partition coefficient (Wildman–Crippen LogP) is 0.530. The molecule has 4 nitrogen and oxygen atoms in total. The van der Waals surface area contributed by atoms with Crippen molar-refractivity contribution in [1.29, 1.82) is 0 Å². The van der Waals surface area contributed by atoms with Crippen molar-refractivity contribution in [3.8, 4) is 0 Å².